The van der Waals surface area contributed by atoms with Crippen LogP contribution in [-0.2, 0) is 16.1 Å². The van der Waals surface area contributed by atoms with E-state index in [0.29, 0.717) is 0 Å². The summed E-state index contributed by atoms with van der Waals surface area (Å²) < 4.78 is 12.9. The number of carbonyl (C=O) groups excluding carboxylic acids is 2. The molecule has 0 bridgehead atoms. The lowest BCUT2D eigenvalue weighted by Gasteiger charge is -2.27. The Bertz CT molecular complexity index is 785. The van der Waals surface area contributed by atoms with E-state index in [1.165, 1.54) is 24.0 Å². The molecule has 0 fully saturated rings. The van der Waals surface area contributed by atoms with E-state index in [-0.39, 0.29) is 36.6 Å². The first kappa shape index (κ1) is 19.6. The summed E-state index contributed by atoms with van der Waals surface area (Å²) in [6, 6.07) is 11.8. The maximum atomic E-state index is 12.9. The molecular weight excluding hydrogens is 331 g/mol. The molecule has 26 heavy (non-hydrogen) atoms. The molecule has 0 aromatic heterocycles. The highest BCUT2D eigenvalue weighted by Gasteiger charge is 2.21. The fourth-order valence-corrected chi connectivity index (χ4v) is 2.87. The van der Waals surface area contributed by atoms with Crippen molar-refractivity contribution >= 4 is 17.5 Å². The van der Waals surface area contributed by atoms with Crippen LogP contribution in [0.15, 0.2) is 42.5 Å². The lowest BCUT2D eigenvalue weighted by Crippen LogP contribution is -2.40. The van der Waals surface area contributed by atoms with Crippen LogP contribution < -0.4 is 10.2 Å². The van der Waals surface area contributed by atoms with Gasteiger partial charge < -0.3 is 10.2 Å². The molecule has 4 nitrogen and oxygen atoms in total. The summed E-state index contributed by atoms with van der Waals surface area (Å²) in [5.41, 5.74) is 3.59. The topological polar surface area (TPSA) is 49.4 Å². The van der Waals surface area contributed by atoms with Gasteiger partial charge in [0.1, 0.15) is 12.4 Å². The highest BCUT2D eigenvalue weighted by atomic mass is 19.1. The average Bonchev–Trinajstić information content (AvgIpc) is 2.59. The first-order chi connectivity index (χ1) is 12.3. The second-order valence-electron chi connectivity index (χ2n) is 6.68. The van der Waals surface area contributed by atoms with Gasteiger partial charge in [0.25, 0.3) is 0 Å². The molecule has 0 aliphatic carbocycles. The van der Waals surface area contributed by atoms with E-state index in [0.717, 1.165) is 22.4 Å². The van der Waals surface area contributed by atoms with Crippen LogP contribution in [-0.4, -0.2) is 18.4 Å². The molecule has 0 spiro atoms. The van der Waals surface area contributed by atoms with E-state index in [4.69, 9.17) is 0 Å². The van der Waals surface area contributed by atoms with E-state index in [1.54, 1.807) is 12.1 Å². The second kappa shape index (κ2) is 8.61. The lowest BCUT2D eigenvalue weighted by molar-refractivity contribution is -0.123. The highest BCUT2D eigenvalue weighted by Crippen LogP contribution is 2.31. The van der Waals surface area contributed by atoms with Gasteiger partial charge in [-0.05, 0) is 41.7 Å². The quantitative estimate of drug-likeness (QED) is 0.853. The van der Waals surface area contributed by atoms with Crippen LogP contribution in [0.4, 0.5) is 10.1 Å². The molecule has 1 N–H and O–H groups in total. The predicted octanol–water partition coefficient (Wildman–Crippen LogP) is 3.93. The zero-order valence-electron chi connectivity index (χ0n) is 15.7. The van der Waals surface area contributed by atoms with Crippen LogP contribution in [0.1, 0.15) is 43.4 Å². The maximum absolute atomic E-state index is 12.9. The van der Waals surface area contributed by atoms with Crippen molar-refractivity contribution in [1.82, 2.24) is 5.32 Å². The van der Waals surface area contributed by atoms with Gasteiger partial charge in [-0.15, -0.1) is 0 Å². The first-order valence-corrected chi connectivity index (χ1v) is 8.68. The van der Waals surface area contributed by atoms with Crippen molar-refractivity contribution in [2.75, 3.05) is 11.4 Å². The normalized spacial score (nSPS) is 10.7. The highest BCUT2D eigenvalue weighted by molar-refractivity contribution is 5.98. The third-order valence-electron chi connectivity index (χ3n) is 4.25. The van der Waals surface area contributed by atoms with Gasteiger partial charge in [-0.1, -0.05) is 44.2 Å². The second-order valence-corrected chi connectivity index (χ2v) is 6.68. The van der Waals surface area contributed by atoms with Crippen molar-refractivity contribution in [3.05, 3.63) is 65.0 Å². The van der Waals surface area contributed by atoms with Gasteiger partial charge in [0.05, 0.1) is 5.69 Å². The number of nitrogens with zero attached hydrogens (tertiary/aromatic N) is 1. The molecule has 2 rings (SSSR count). The van der Waals surface area contributed by atoms with Gasteiger partial charge >= 0.3 is 0 Å². The van der Waals surface area contributed by atoms with Crippen LogP contribution in [0.3, 0.4) is 0 Å². The van der Waals surface area contributed by atoms with Gasteiger partial charge in [0, 0.05) is 13.5 Å². The number of halogens is 1. The number of carbonyl (C=O) groups is 2. The van der Waals surface area contributed by atoms with E-state index in [9.17, 15) is 14.0 Å². The van der Waals surface area contributed by atoms with Gasteiger partial charge in [-0.2, -0.15) is 0 Å². The fraction of sp³-hybridized carbons (Fsp3) is 0.333. The van der Waals surface area contributed by atoms with E-state index >= 15 is 0 Å². The molecule has 2 aromatic carbocycles. The van der Waals surface area contributed by atoms with Crippen molar-refractivity contribution in [2.45, 2.75) is 40.2 Å². The van der Waals surface area contributed by atoms with Gasteiger partial charge in [-0.3, -0.25) is 9.59 Å². The van der Waals surface area contributed by atoms with Crippen molar-refractivity contribution in [1.29, 1.82) is 0 Å². The molecule has 138 valence electrons. The maximum Gasteiger partial charge on any atom is 0.240 e. The minimum atomic E-state index is -0.316. The van der Waals surface area contributed by atoms with Crippen molar-refractivity contribution in [3.8, 4) is 0 Å². The minimum Gasteiger partial charge on any atom is -0.350 e. The van der Waals surface area contributed by atoms with Crippen LogP contribution in [0.2, 0.25) is 0 Å². The molecule has 0 heterocycles. The molecule has 2 aromatic rings. The van der Waals surface area contributed by atoms with Gasteiger partial charge in [0.2, 0.25) is 11.8 Å². The Labute approximate surface area is 154 Å². The number of aryl methyl sites for hydroxylation is 1. The Morgan fingerprint density at radius 3 is 2.35 bits per heavy atom. The molecular formula is C21H25FN2O2. The Hall–Kier alpha value is -2.69. The fourth-order valence-electron chi connectivity index (χ4n) is 2.87. The van der Waals surface area contributed by atoms with Crippen molar-refractivity contribution in [3.63, 3.8) is 0 Å². The van der Waals surface area contributed by atoms with Gasteiger partial charge in [-0.25, -0.2) is 4.39 Å². The molecule has 0 aliphatic rings. The standard InChI is InChI=1S/C21H25FN2O2/c1-14(2)19-7-5-6-15(3)21(19)24(16(4)25)13-20(26)23-12-17-8-10-18(22)11-9-17/h5-11,14H,12-13H2,1-4H3,(H,23,26). The van der Waals surface area contributed by atoms with E-state index in [1.807, 2.05) is 25.1 Å². The Kier molecular flexibility index (Phi) is 6.50. The Balaban J connectivity index is 2.15. The SMILES string of the molecule is CC(=O)N(CC(=O)NCc1ccc(F)cc1)c1c(C)cccc1C(C)C. The molecule has 0 saturated carbocycles. The Morgan fingerprint density at radius 2 is 1.77 bits per heavy atom. The van der Waals surface area contributed by atoms with Crippen molar-refractivity contribution in [2.24, 2.45) is 0 Å². The minimum absolute atomic E-state index is 0.0545. The number of rotatable bonds is 6. The number of hydrogen-bond donors (Lipinski definition) is 1. The van der Waals surface area contributed by atoms with Gasteiger partial charge in [0.15, 0.2) is 0 Å². The number of benzene rings is 2. The smallest absolute Gasteiger partial charge is 0.240 e. The monoisotopic (exact) mass is 356 g/mol. The Morgan fingerprint density at radius 1 is 1.12 bits per heavy atom. The van der Waals surface area contributed by atoms with Crippen LogP contribution >= 0.6 is 0 Å². The molecule has 0 aliphatic heterocycles. The molecule has 0 unspecified atom stereocenters. The number of nitrogens with one attached hydrogen (secondary N) is 1. The zero-order chi connectivity index (χ0) is 19.3. The van der Waals surface area contributed by atoms with E-state index in [2.05, 4.69) is 19.2 Å². The molecule has 0 radical (unpaired) electrons. The van der Waals surface area contributed by atoms with Crippen LogP contribution in [0.25, 0.3) is 0 Å². The summed E-state index contributed by atoms with van der Waals surface area (Å²) in [5.74, 6) is -0.529. The molecule has 0 saturated heterocycles. The predicted molar refractivity (Wildman–Crippen MR) is 102 cm³/mol. The molecule has 5 heteroatoms. The zero-order valence-corrected chi connectivity index (χ0v) is 15.7. The van der Waals surface area contributed by atoms with Crippen molar-refractivity contribution < 1.29 is 14.0 Å². The third-order valence-corrected chi connectivity index (χ3v) is 4.25. The number of hydrogen-bond acceptors (Lipinski definition) is 2. The summed E-state index contributed by atoms with van der Waals surface area (Å²) >= 11 is 0. The van der Waals surface area contributed by atoms with Crippen LogP contribution in [0.5, 0.6) is 0 Å². The summed E-state index contributed by atoms with van der Waals surface area (Å²) in [5, 5.41) is 2.79. The summed E-state index contributed by atoms with van der Waals surface area (Å²) in [6.07, 6.45) is 0. The lowest BCUT2D eigenvalue weighted by atomic mass is 9.97. The number of anilines is 1. The molecule has 2 amide bonds. The van der Waals surface area contributed by atoms with E-state index < -0.39 is 0 Å². The first-order valence-electron chi connectivity index (χ1n) is 8.68. The average molecular weight is 356 g/mol. The third kappa shape index (κ3) is 4.91. The molecule has 0 atom stereocenters. The summed E-state index contributed by atoms with van der Waals surface area (Å²) in [6.45, 7) is 7.75. The summed E-state index contributed by atoms with van der Waals surface area (Å²) in [4.78, 5) is 26.1. The number of para-hydroxylation sites is 1. The largest absolute Gasteiger partial charge is 0.350 e. The summed E-state index contributed by atoms with van der Waals surface area (Å²) in [7, 11) is 0. The van der Waals surface area contributed by atoms with Crippen LogP contribution in [0, 0.1) is 12.7 Å². The number of amides is 2.